The van der Waals surface area contributed by atoms with Gasteiger partial charge in [-0.1, -0.05) is 0 Å². The summed E-state index contributed by atoms with van der Waals surface area (Å²) in [6, 6.07) is 9.69. The summed E-state index contributed by atoms with van der Waals surface area (Å²) in [5.74, 6) is -0.385. The molecular formula is C14H14N2O4. The van der Waals surface area contributed by atoms with Crippen molar-refractivity contribution >= 4 is 17.5 Å². The molecule has 0 bridgehead atoms. The summed E-state index contributed by atoms with van der Waals surface area (Å²) in [5, 5.41) is 3.79. The smallest absolute Gasteiger partial charge is 0.291 e. The fraction of sp³-hybridized carbons (Fsp3) is 0.143. The number of hydrogen-bond acceptors (Lipinski definition) is 4. The molecule has 6 nitrogen and oxygen atoms in total. The summed E-state index contributed by atoms with van der Waals surface area (Å²) in [6.45, 7) is 0. The number of carbonyl (C=O) groups excluding carboxylic acids is 2. The van der Waals surface area contributed by atoms with Gasteiger partial charge in [-0.15, -0.1) is 0 Å². The highest BCUT2D eigenvalue weighted by Crippen LogP contribution is 2.13. The maximum atomic E-state index is 11.8. The Labute approximate surface area is 115 Å². The highest BCUT2D eigenvalue weighted by Gasteiger charge is 2.12. The Morgan fingerprint density at radius 3 is 2.45 bits per heavy atom. The van der Waals surface area contributed by atoms with E-state index in [0.717, 1.165) is 5.06 Å². The highest BCUT2D eigenvalue weighted by atomic mass is 16.7. The first kappa shape index (κ1) is 13.8. The minimum Gasteiger partial charge on any atom is -0.459 e. The molecule has 20 heavy (non-hydrogen) atoms. The lowest BCUT2D eigenvalue weighted by molar-refractivity contribution is -0.0756. The van der Waals surface area contributed by atoms with Crippen LogP contribution < -0.4 is 5.32 Å². The van der Waals surface area contributed by atoms with Crippen molar-refractivity contribution in [3.05, 3.63) is 54.0 Å². The molecule has 1 N–H and O–H groups in total. The highest BCUT2D eigenvalue weighted by molar-refractivity contribution is 6.02. The number of nitrogens with zero attached hydrogens (tertiary/aromatic N) is 1. The van der Waals surface area contributed by atoms with Gasteiger partial charge < -0.3 is 9.73 Å². The average molecular weight is 274 g/mol. The van der Waals surface area contributed by atoms with Crippen molar-refractivity contribution in [2.45, 2.75) is 0 Å². The number of amides is 2. The summed E-state index contributed by atoms with van der Waals surface area (Å²) in [7, 11) is 2.94. The van der Waals surface area contributed by atoms with Gasteiger partial charge in [-0.05, 0) is 36.4 Å². The molecule has 0 aliphatic carbocycles. The number of benzene rings is 1. The topological polar surface area (TPSA) is 71.8 Å². The van der Waals surface area contributed by atoms with Crippen LogP contribution in [0.3, 0.4) is 0 Å². The minimum absolute atomic E-state index is 0.226. The standard InChI is InChI=1S/C14H14N2O4/c1-16(19-2)14(18)10-5-7-11(8-6-10)15-13(17)12-4-3-9-20-12/h3-9H,1-2H3,(H,15,17). The summed E-state index contributed by atoms with van der Waals surface area (Å²) >= 11 is 0. The molecule has 1 aromatic heterocycles. The molecule has 0 aliphatic rings. The van der Waals surface area contributed by atoms with Crippen LogP contribution in [0.2, 0.25) is 0 Å². The molecular weight excluding hydrogens is 260 g/mol. The zero-order valence-electron chi connectivity index (χ0n) is 11.1. The van der Waals surface area contributed by atoms with Gasteiger partial charge in [0.05, 0.1) is 13.4 Å². The summed E-state index contributed by atoms with van der Waals surface area (Å²) in [5.41, 5.74) is 1.04. The van der Waals surface area contributed by atoms with Crippen molar-refractivity contribution in [3.8, 4) is 0 Å². The zero-order chi connectivity index (χ0) is 14.5. The lowest BCUT2D eigenvalue weighted by Crippen LogP contribution is -2.25. The van der Waals surface area contributed by atoms with E-state index in [0.29, 0.717) is 11.3 Å². The van der Waals surface area contributed by atoms with Crippen LogP contribution in [-0.2, 0) is 4.84 Å². The van der Waals surface area contributed by atoms with E-state index < -0.39 is 0 Å². The Morgan fingerprint density at radius 2 is 1.90 bits per heavy atom. The van der Waals surface area contributed by atoms with Gasteiger partial charge in [0.25, 0.3) is 11.8 Å². The third-order valence-electron chi connectivity index (χ3n) is 2.69. The van der Waals surface area contributed by atoms with Gasteiger partial charge in [-0.3, -0.25) is 14.4 Å². The fourth-order valence-electron chi connectivity index (χ4n) is 1.56. The summed E-state index contributed by atoms with van der Waals surface area (Å²) in [4.78, 5) is 28.4. The quantitative estimate of drug-likeness (QED) is 0.867. The molecule has 0 spiro atoms. The van der Waals surface area contributed by atoms with Gasteiger partial charge in [0.15, 0.2) is 5.76 Å². The van der Waals surface area contributed by atoms with E-state index in [1.54, 1.807) is 36.4 Å². The maximum absolute atomic E-state index is 11.8. The van der Waals surface area contributed by atoms with Crippen LogP contribution in [0, 0.1) is 0 Å². The molecule has 2 aromatic rings. The Kier molecular flexibility index (Phi) is 4.17. The maximum Gasteiger partial charge on any atom is 0.291 e. The number of hydrogen-bond donors (Lipinski definition) is 1. The van der Waals surface area contributed by atoms with Crippen LogP contribution in [0.15, 0.2) is 47.1 Å². The van der Waals surface area contributed by atoms with Crippen molar-refractivity contribution in [1.82, 2.24) is 5.06 Å². The molecule has 0 fully saturated rings. The van der Waals surface area contributed by atoms with Crippen molar-refractivity contribution in [2.24, 2.45) is 0 Å². The van der Waals surface area contributed by atoms with Crippen LogP contribution in [0.4, 0.5) is 5.69 Å². The van der Waals surface area contributed by atoms with Crippen LogP contribution in [0.5, 0.6) is 0 Å². The van der Waals surface area contributed by atoms with Crippen LogP contribution >= 0.6 is 0 Å². The van der Waals surface area contributed by atoms with Crippen LogP contribution in [0.25, 0.3) is 0 Å². The second-order valence-electron chi connectivity index (χ2n) is 3.99. The second-order valence-corrected chi connectivity index (χ2v) is 3.99. The SMILES string of the molecule is CON(C)C(=O)c1ccc(NC(=O)c2ccco2)cc1. The van der Waals surface area contributed by atoms with E-state index in [1.807, 2.05) is 0 Å². The molecule has 0 atom stereocenters. The Bertz CT molecular complexity index is 590. The molecule has 6 heteroatoms. The molecule has 2 amide bonds. The minimum atomic E-state index is -0.344. The first-order valence-corrected chi connectivity index (χ1v) is 5.89. The normalized spacial score (nSPS) is 10.1. The van der Waals surface area contributed by atoms with Gasteiger partial charge >= 0.3 is 0 Å². The number of hydroxylamine groups is 2. The first-order valence-electron chi connectivity index (χ1n) is 5.89. The Hall–Kier alpha value is -2.60. The molecule has 0 saturated carbocycles. The lowest BCUT2D eigenvalue weighted by atomic mass is 10.2. The number of nitrogens with one attached hydrogen (secondary N) is 1. The largest absolute Gasteiger partial charge is 0.459 e. The van der Waals surface area contributed by atoms with E-state index in [4.69, 9.17) is 9.25 Å². The average Bonchev–Trinajstić information content (AvgIpc) is 3.01. The van der Waals surface area contributed by atoms with E-state index in [-0.39, 0.29) is 17.6 Å². The molecule has 1 aromatic carbocycles. The number of furan rings is 1. The zero-order valence-corrected chi connectivity index (χ0v) is 11.1. The number of carbonyl (C=O) groups is 2. The number of rotatable bonds is 4. The monoisotopic (exact) mass is 274 g/mol. The van der Waals surface area contributed by atoms with E-state index in [2.05, 4.69) is 5.32 Å². The molecule has 1 heterocycles. The van der Waals surface area contributed by atoms with Crippen LogP contribution in [0.1, 0.15) is 20.9 Å². The van der Waals surface area contributed by atoms with Gasteiger partial charge in [-0.2, -0.15) is 0 Å². The Balaban J connectivity index is 2.05. The van der Waals surface area contributed by atoms with Gasteiger partial charge in [0, 0.05) is 18.3 Å². The molecule has 0 aliphatic heterocycles. The molecule has 0 radical (unpaired) electrons. The van der Waals surface area contributed by atoms with Gasteiger partial charge in [0.1, 0.15) is 0 Å². The summed E-state index contributed by atoms with van der Waals surface area (Å²) < 4.78 is 4.99. The van der Waals surface area contributed by atoms with E-state index >= 15 is 0 Å². The van der Waals surface area contributed by atoms with Crippen molar-refractivity contribution in [2.75, 3.05) is 19.5 Å². The second kappa shape index (κ2) is 6.03. The summed E-state index contributed by atoms with van der Waals surface area (Å²) in [6.07, 6.45) is 1.43. The fourth-order valence-corrected chi connectivity index (χ4v) is 1.56. The first-order chi connectivity index (χ1) is 9.61. The van der Waals surface area contributed by atoms with E-state index in [9.17, 15) is 9.59 Å². The number of anilines is 1. The molecule has 0 saturated heterocycles. The third kappa shape index (κ3) is 3.04. The van der Waals surface area contributed by atoms with Crippen molar-refractivity contribution < 1.29 is 18.8 Å². The molecule has 2 rings (SSSR count). The predicted molar refractivity (Wildman–Crippen MR) is 72.2 cm³/mol. The van der Waals surface area contributed by atoms with Gasteiger partial charge in [-0.25, -0.2) is 5.06 Å². The van der Waals surface area contributed by atoms with E-state index in [1.165, 1.54) is 20.4 Å². The molecule has 0 unspecified atom stereocenters. The van der Waals surface area contributed by atoms with Gasteiger partial charge in [0.2, 0.25) is 0 Å². The van der Waals surface area contributed by atoms with Crippen molar-refractivity contribution in [1.29, 1.82) is 0 Å². The lowest BCUT2D eigenvalue weighted by Gasteiger charge is -2.13. The van der Waals surface area contributed by atoms with Crippen LogP contribution in [-0.4, -0.2) is 31.0 Å². The van der Waals surface area contributed by atoms with Crippen molar-refractivity contribution in [3.63, 3.8) is 0 Å². The molecule has 104 valence electrons. The Morgan fingerprint density at radius 1 is 1.20 bits per heavy atom. The predicted octanol–water partition coefficient (Wildman–Crippen LogP) is 2.17. The third-order valence-corrected chi connectivity index (χ3v) is 2.69.